The van der Waals surface area contributed by atoms with Gasteiger partial charge >= 0.3 is 6.11 Å². The summed E-state index contributed by atoms with van der Waals surface area (Å²) in [5, 5.41) is 0. The van der Waals surface area contributed by atoms with E-state index in [1.54, 1.807) is 6.07 Å². The fraction of sp³-hybridized carbons (Fsp3) is 0.231. The van der Waals surface area contributed by atoms with Crippen molar-refractivity contribution < 1.29 is 31.1 Å². The monoisotopic (exact) mass is 462 g/mol. The van der Waals surface area contributed by atoms with Gasteiger partial charge in [0.25, 0.3) is 0 Å². The molecule has 1 aliphatic carbocycles. The molecule has 0 heterocycles. The van der Waals surface area contributed by atoms with Crippen LogP contribution in [0, 0.1) is 29.2 Å². The smallest absolute Gasteiger partial charge is 0.429 e. The van der Waals surface area contributed by atoms with Gasteiger partial charge in [-0.15, -0.1) is 0 Å². The SMILES string of the molecule is C=Cc1c(F)cc(OC(F)(F)c2c(F)cc(-c3ccc4c(c3)CC(CC)C4)cc2F)cc1F. The van der Waals surface area contributed by atoms with E-state index in [-0.39, 0.29) is 5.56 Å². The molecule has 1 unspecified atom stereocenters. The van der Waals surface area contributed by atoms with Gasteiger partial charge in [-0.3, -0.25) is 0 Å². The van der Waals surface area contributed by atoms with Crippen molar-refractivity contribution in [2.24, 2.45) is 5.92 Å². The van der Waals surface area contributed by atoms with Crippen LogP contribution in [0.15, 0.2) is 49.0 Å². The predicted octanol–water partition coefficient (Wildman–Crippen LogP) is 7.81. The molecule has 0 saturated heterocycles. The van der Waals surface area contributed by atoms with E-state index in [1.165, 1.54) is 5.56 Å². The molecule has 0 amide bonds. The molecule has 172 valence electrons. The van der Waals surface area contributed by atoms with Crippen LogP contribution in [0.2, 0.25) is 0 Å². The summed E-state index contributed by atoms with van der Waals surface area (Å²) in [4.78, 5) is 0. The van der Waals surface area contributed by atoms with Gasteiger partial charge in [0.1, 0.15) is 34.6 Å². The van der Waals surface area contributed by atoms with Crippen LogP contribution in [0.1, 0.15) is 35.6 Å². The van der Waals surface area contributed by atoms with Gasteiger partial charge < -0.3 is 4.74 Å². The van der Waals surface area contributed by atoms with Crippen LogP contribution in [-0.4, -0.2) is 0 Å². The van der Waals surface area contributed by atoms with Crippen LogP contribution in [0.3, 0.4) is 0 Å². The van der Waals surface area contributed by atoms with Crippen molar-refractivity contribution in [1.82, 2.24) is 0 Å². The van der Waals surface area contributed by atoms with Gasteiger partial charge in [-0.1, -0.05) is 44.2 Å². The Morgan fingerprint density at radius 3 is 2.06 bits per heavy atom. The Balaban J connectivity index is 1.66. The topological polar surface area (TPSA) is 9.23 Å². The molecule has 33 heavy (non-hydrogen) atoms. The first-order valence-corrected chi connectivity index (χ1v) is 10.4. The first-order chi connectivity index (χ1) is 15.6. The number of halogens is 6. The fourth-order valence-electron chi connectivity index (χ4n) is 4.21. The minimum Gasteiger partial charge on any atom is -0.429 e. The van der Waals surface area contributed by atoms with E-state index in [2.05, 4.69) is 18.2 Å². The fourth-order valence-corrected chi connectivity index (χ4v) is 4.21. The Morgan fingerprint density at radius 2 is 1.48 bits per heavy atom. The van der Waals surface area contributed by atoms with Crippen molar-refractivity contribution in [2.75, 3.05) is 0 Å². The summed E-state index contributed by atoms with van der Waals surface area (Å²) >= 11 is 0. The average Bonchev–Trinajstić information content (AvgIpc) is 3.15. The minimum absolute atomic E-state index is 0.0970. The normalized spacial score (nSPS) is 15.4. The number of hydrogen-bond donors (Lipinski definition) is 0. The molecule has 0 fully saturated rings. The summed E-state index contributed by atoms with van der Waals surface area (Å²) < 4.78 is 90.7. The van der Waals surface area contributed by atoms with E-state index in [0.29, 0.717) is 23.6 Å². The molecule has 3 aromatic rings. The van der Waals surface area contributed by atoms with E-state index in [0.717, 1.165) is 43.0 Å². The van der Waals surface area contributed by atoms with Gasteiger partial charge in [0.05, 0.1) is 0 Å². The predicted molar refractivity (Wildman–Crippen MR) is 114 cm³/mol. The molecule has 7 heteroatoms. The number of alkyl halides is 2. The van der Waals surface area contributed by atoms with Crippen LogP contribution < -0.4 is 4.74 Å². The Kier molecular flexibility index (Phi) is 5.99. The maximum Gasteiger partial charge on any atom is 0.432 e. The zero-order chi connectivity index (χ0) is 23.9. The summed E-state index contributed by atoms with van der Waals surface area (Å²) in [6, 6.07) is 7.99. The maximum atomic E-state index is 14.7. The number of fused-ring (bicyclic) bond motifs is 1. The Labute approximate surface area is 187 Å². The summed E-state index contributed by atoms with van der Waals surface area (Å²) in [7, 11) is 0. The molecule has 0 saturated carbocycles. The standard InChI is InChI=1S/C26H20F6O/c1-3-14-7-15-5-6-16(9-17(15)8-14)18-10-23(29)25(24(30)11-18)26(31,32)33-19-12-21(27)20(4-2)22(28)13-19/h4-6,9-14H,2-3,7-8H2,1H3. The third-order valence-corrected chi connectivity index (χ3v) is 5.97. The van der Waals surface area contributed by atoms with Crippen LogP contribution in [0.4, 0.5) is 26.3 Å². The minimum atomic E-state index is -4.52. The molecule has 0 bridgehead atoms. The second kappa shape index (κ2) is 8.61. The third kappa shape index (κ3) is 4.36. The zero-order valence-electron chi connectivity index (χ0n) is 17.7. The molecule has 1 nitrogen and oxygen atoms in total. The van der Waals surface area contributed by atoms with Crippen molar-refractivity contribution in [1.29, 1.82) is 0 Å². The number of benzene rings is 3. The molecule has 0 aromatic heterocycles. The van der Waals surface area contributed by atoms with Crippen molar-refractivity contribution in [3.63, 3.8) is 0 Å². The van der Waals surface area contributed by atoms with Crippen molar-refractivity contribution >= 4 is 6.08 Å². The highest BCUT2D eigenvalue weighted by Crippen LogP contribution is 2.39. The molecule has 0 radical (unpaired) electrons. The average molecular weight is 462 g/mol. The van der Waals surface area contributed by atoms with Gasteiger partial charge in [0.2, 0.25) is 0 Å². The van der Waals surface area contributed by atoms with Crippen LogP contribution in [0.5, 0.6) is 5.75 Å². The van der Waals surface area contributed by atoms with Gasteiger partial charge in [-0.25, -0.2) is 17.6 Å². The molecule has 3 aromatic carbocycles. The highest BCUT2D eigenvalue weighted by molar-refractivity contribution is 5.66. The van der Waals surface area contributed by atoms with E-state index in [9.17, 15) is 26.3 Å². The lowest BCUT2D eigenvalue weighted by atomic mass is 9.98. The van der Waals surface area contributed by atoms with Crippen LogP contribution in [0.25, 0.3) is 17.2 Å². The lowest BCUT2D eigenvalue weighted by molar-refractivity contribution is -0.189. The first kappa shape index (κ1) is 23.0. The summed E-state index contributed by atoms with van der Waals surface area (Å²) in [5.74, 6) is -5.89. The van der Waals surface area contributed by atoms with E-state index in [1.807, 2.05) is 12.1 Å². The number of hydrogen-bond acceptors (Lipinski definition) is 1. The lowest BCUT2D eigenvalue weighted by Crippen LogP contribution is -2.25. The third-order valence-electron chi connectivity index (χ3n) is 5.97. The molecule has 1 atom stereocenters. The van der Waals surface area contributed by atoms with Crippen LogP contribution >= 0.6 is 0 Å². The molecular formula is C26H20F6O. The molecule has 0 N–H and O–H groups in total. The molecule has 4 rings (SSSR count). The molecule has 0 spiro atoms. The van der Waals surface area contributed by atoms with Crippen LogP contribution in [-0.2, 0) is 19.0 Å². The van der Waals surface area contributed by atoms with E-state index < -0.39 is 46.3 Å². The van der Waals surface area contributed by atoms with Gasteiger partial charge in [0, 0.05) is 17.7 Å². The van der Waals surface area contributed by atoms with Gasteiger partial charge in [-0.2, -0.15) is 8.78 Å². The Hall–Kier alpha value is -3.22. The second-order valence-corrected chi connectivity index (χ2v) is 8.10. The first-order valence-electron chi connectivity index (χ1n) is 10.4. The maximum absolute atomic E-state index is 14.7. The highest BCUT2D eigenvalue weighted by Gasteiger charge is 2.41. The molecular weight excluding hydrogens is 442 g/mol. The molecule has 0 aliphatic heterocycles. The Bertz CT molecular complexity index is 1190. The van der Waals surface area contributed by atoms with E-state index >= 15 is 0 Å². The highest BCUT2D eigenvalue weighted by atomic mass is 19.3. The van der Waals surface area contributed by atoms with Gasteiger partial charge in [0.15, 0.2) is 0 Å². The number of rotatable bonds is 6. The quantitative estimate of drug-likeness (QED) is 0.340. The zero-order valence-corrected chi connectivity index (χ0v) is 17.7. The summed E-state index contributed by atoms with van der Waals surface area (Å²) in [5.41, 5.74) is 0.664. The van der Waals surface area contributed by atoms with E-state index in [4.69, 9.17) is 0 Å². The number of ether oxygens (including phenoxy) is 1. The largest absolute Gasteiger partial charge is 0.432 e. The lowest BCUT2D eigenvalue weighted by Gasteiger charge is -2.20. The summed E-state index contributed by atoms with van der Waals surface area (Å²) in [6.45, 7) is 5.32. The Morgan fingerprint density at radius 1 is 0.879 bits per heavy atom. The van der Waals surface area contributed by atoms with Gasteiger partial charge in [-0.05, 0) is 53.1 Å². The molecule has 1 aliphatic rings. The van der Waals surface area contributed by atoms with Crippen molar-refractivity contribution in [2.45, 2.75) is 32.3 Å². The summed E-state index contributed by atoms with van der Waals surface area (Å²) in [6.07, 6.45) is -0.848. The van der Waals surface area contributed by atoms with Crippen molar-refractivity contribution in [3.8, 4) is 16.9 Å². The van der Waals surface area contributed by atoms with Crippen molar-refractivity contribution in [3.05, 3.63) is 94.6 Å². The second-order valence-electron chi connectivity index (χ2n) is 8.10.